The van der Waals surface area contributed by atoms with Crippen LogP contribution < -0.4 is 5.32 Å². The highest BCUT2D eigenvalue weighted by Crippen LogP contribution is 2.20. The van der Waals surface area contributed by atoms with Gasteiger partial charge in [-0.05, 0) is 20.8 Å². The van der Waals surface area contributed by atoms with Crippen LogP contribution in [0.15, 0.2) is 5.38 Å². The number of carbonyl (C=O) groups is 1. The van der Waals surface area contributed by atoms with Gasteiger partial charge in [-0.15, -0.1) is 22.7 Å². The van der Waals surface area contributed by atoms with E-state index in [0.29, 0.717) is 10.0 Å². The third-order valence-corrected chi connectivity index (χ3v) is 3.90. The van der Waals surface area contributed by atoms with Gasteiger partial charge < -0.3 is 0 Å². The molecule has 1 amide bonds. The number of hydrogen-bond donors (Lipinski definition) is 1. The van der Waals surface area contributed by atoms with Gasteiger partial charge in [0.05, 0.1) is 16.4 Å². The fourth-order valence-electron chi connectivity index (χ4n) is 1.31. The molecule has 0 unspecified atom stereocenters. The Morgan fingerprint density at radius 2 is 2.06 bits per heavy atom. The molecule has 2 rings (SSSR count). The highest BCUT2D eigenvalue weighted by Gasteiger charge is 2.14. The average molecular weight is 253 g/mol. The lowest BCUT2D eigenvalue weighted by molar-refractivity contribution is 0.103. The quantitative estimate of drug-likeness (QED) is 0.895. The molecule has 0 atom stereocenters. The molecule has 4 nitrogen and oxygen atoms in total. The van der Waals surface area contributed by atoms with Gasteiger partial charge in [0.1, 0.15) is 4.88 Å². The van der Waals surface area contributed by atoms with Gasteiger partial charge in [0, 0.05) is 5.38 Å². The fraction of sp³-hybridized carbons (Fsp3) is 0.300. The summed E-state index contributed by atoms with van der Waals surface area (Å²) in [5.74, 6) is -0.127. The molecule has 2 aromatic rings. The van der Waals surface area contributed by atoms with E-state index >= 15 is 0 Å². The summed E-state index contributed by atoms with van der Waals surface area (Å²) in [6.07, 6.45) is 0. The molecule has 0 radical (unpaired) electrons. The standard InChI is InChI=1S/C10H11N3OS2/c1-5-4-15-10(11-5)13-9(14)8-6(2)12-7(3)16-8/h4H,1-3H3,(H,11,13,14). The van der Waals surface area contributed by atoms with Crippen molar-refractivity contribution in [1.29, 1.82) is 0 Å². The summed E-state index contributed by atoms with van der Waals surface area (Å²) in [6.45, 7) is 5.63. The highest BCUT2D eigenvalue weighted by molar-refractivity contribution is 7.15. The number of hydrogen-bond acceptors (Lipinski definition) is 5. The minimum atomic E-state index is -0.127. The summed E-state index contributed by atoms with van der Waals surface area (Å²) in [4.78, 5) is 20.9. The molecule has 6 heteroatoms. The average Bonchev–Trinajstić information content (AvgIpc) is 2.73. The van der Waals surface area contributed by atoms with Gasteiger partial charge in [-0.25, -0.2) is 9.97 Å². The van der Waals surface area contributed by atoms with Crippen LogP contribution in [0.4, 0.5) is 5.13 Å². The smallest absolute Gasteiger partial charge is 0.269 e. The van der Waals surface area contributed by atoms with E-state index in [1.54, 1.807) is 0 Å². The molecule has 1 N–H and O–H groups in total. The predicted octanol–water partition coefficient (Wildman–Crippen LogP) is 2.78. The SMILES string of the molecule is Cc1csc(NC(=O)c2sc(C)nc2C)n1. The number of amides is 1. The zero-order valence-electron chi connectivity index (χ0n) is 9.20. The van der Waals surface area contributed by atoms with Crippen LogP contribution >= 0.6 is 22.7 Å². The van der Waals surface area contributed by atoms with E-state index in [-0.39, 0.29) is 5.91 Å². The molecule has 84 valence electrons. The summed E-state index contributed by atoms with van der Waals surface area (Å²) in [6, 6.07) is 0. The Labute approximate surface area is 101 Å². The van der Waals surface area contributed by atoms with Gasteiger partial charge >= 0.3 is 0 Å². The lowest BCUT2D eigenvalue weighted by Crippen LogP contribution is -2.11. The molecular formula is C10H11N3OS2. The summed E-state index contributed by atoms with van der Waals surface area (Å²) in [5, 5.41) is 6.21. The normalized spacial score (nSPS) is 10.4. The van der Waals surface area contributed by atoms with Crippen molar-refractivity contribution in [2.24, 2.45) is 0 Å². The maximum Gasteiger partial charge on any atom is 0.269 e. The number of rotatable bonds is 2. The van der Waals surface area contributed by atoms with Gasteiger partial charge in [-0.2, -0.15) is 0 Å². The van der Waals surface area contributed by atoms with Crippen LogP contribution in [0.25, 0.3) is 0 Å². The van der Waals surface area contributed by atoms with Crippen LogP contribution in [0, 0.1) is 20.8 Å². The highest BCUT2D eigenvalue weighted by atomic mass is 32.1. The molecule has 0 bridgehead atoms. The number of thiazole rings is 2. The molecule has 2 aromatic heterocycles. The molecular weight excluding hydrogens is 242 g/mol. The number of nitrogens with one attached hydrogen (secondary N) is 1. The second-order valence-electron chi connectivity index (χ2n) is 3.40. The Bertz CT molecular complexity index is 530. The number of aromatic nitrogens is 2. The molecule has 0 fully saturated rings. The first-order valence-corrected chi connectivity index (χ1v) is 6.43. The predicted molar refractivity (Wildman–Crippen MR) is 66.4 cm³/mol. The van der Waals surface area contributed by atoms with Gasteiger partial charge in [-0.1, -0.05) is 0 Å². The maximum atomic E-state index is 11.9. The summed E-state index contributed by atoms with van der Waals surface area (Å²) >= 11 is 2.83. The summed E-state index contributed by atoms with van der Waals surface area (Å²) in [5.41, 5.74) is 1.69. The number of nitrogens with zero attached hydrogens (tertiary/aromatic N) is 2. The van der Waals surface area contributed by atoms with Crippen LogP contribution in [0.3, 0.4) is 0 Å². The number of aryl methyl sites for hydroxylation is 3. The second-order valence-corrected chi connectivity index (χ2v) is 5.46. The van der Waals surface area contributed by atoms with Crippen molar-refractivity contribution in [3.8, 4) is 0 Å². The van der Waals surface area contributed by atoms with Crippen LogP contribution in [0.1, 0.15) is 26.1 Å². The molecule has 16 heavy (non-hydrogen) atoms. The second kappa shape index (κ2) is 4.31. The van der Waals surface area contributed by atoms with Gasteiger partial charge in [0.15, 0.2) is 5.13 Å². The topological polar surface area (TPSA) is 54.9 Å². The first-order chi connectivity index (χ1) is 7.56. The van der Waals surface area contributed by atoms with Crippen molar-refractivity contribution in [2.45, 2.75) is 20.8 Å². The Kier molecular flexibility index (Phi) is 3.02. The molecule has 0 spiro atoms. The third-order valence-electron chi connectivity index (χ3n) is 1.95. The largest absolute Gasteiger partial charge is 0.297 e. The van der Waals surface area contributed by atoms with E-state index in [2.05, 4.69) is 15.3 Å². The van der Waals surface area contributed by atoms with E-state index in [4.69, 9.17) is 0 Å². The van der Waals surface area contributed by atoms with Crippen molar-refractivity contribution in [3.05, 3.63) is 26.7 Å². The Morgan fingerprint density at radius 1 is 1.31 bits per heavy atom. The first kappa shape index (κ1) is 11.2. The molecule has 0 saturated heterocycles. The van der Waals surface area contributed by atoms with E-state index in [1.165, 1.54) is 22.7 Å². The van der Waals surface area contributed by atoms with Gasteiger partial charge in [0.25, 0.3) is 5.91 Å². The zero-order chi connectivity index (χ0) is 11.7. The van der Waals surface area contributed by atoms with Gasteiger partial charge in [-0.3, -0.25) is 10.1 Å². The number of carbonyl (C=O) groups excluding carboxylic acids is 1. The van der Waals surface area contributed by atoms with Crippen molar-refractivity contribution in [1.82, 2.24) is 9.97 Å². The monoisotopic (exact) mass is 253 g/mol. The van der Waals surface area contributed by atoms with Crippen LogP contribution in [0.5, 0.6) is 0 Å². The lowest BCUT2D eigenvalue weighted by atomic mass is 10.4. The van der Waals surface area contributed by atoms with Crippen molar-refractivity contribution >= 4 is 33.7 Å². The van der Waals surface area contributed by atoms with Crippen LogP contribution in [-0.2, 0) is 0 Å². The van der Waals surface area contributed by atoms with E-state index < -0.39 is 0 Å². The van der Waals surface area contributed by atoms with Crippen molar-refractivity contribution in [2.75, 3.05) is 5.32 Å². The fourth-order valence-corrected chi connectivity index (χ4v) is 2.81. The Balaban J connectivity index is 2.17. The zero-order valence-corrected chi connectivity index (χ0v) is 10.8. The van der Waals surface area contributed by atoms with Crippen LogP contribution in [-0.4, -0.2) is 15.9 Å². The van der Waals surface area contributed by atoms with E-state index in [1.807, 2.05) is 26.2 Å². The van der Waals surface area contributed by atoms with E-state index in [9.17, 15) is 4.79 Å². The minimum Gasteiger partial charge on any atom is -0.297 e. The summed E-state index contributed by atoms with van der Waals surface area (Å²) < 4.78 is 0. The lowest BCUT2D eigenvalue weighted by Gasteiger charge is -1.98. The molecule has 0 aliphatic heterocycles. The molecule has 2 heterocycles. The Morgan fingerprint density at radius 3 is 2.56 bits per heavy atom. The van der Waals surface area contributed by atoms with Crippen molar-refractivity contribution in [3.63, 3.8) is 0 Å². The molecule has 0 saturated carbocycles. The molecule has 0 aliphatic carbocycles. The first-order valence-electron chi connectivity index (χ1n) is 4.74. The minimum absolute atomic E-state index is 0.127. The van der Waals surface area contributed by atoms with Crippen molar-refractivity contribution < 1.29 is 4.79 Å². The maximum absolute atomic E-state index is 11.9. The Hall–Kier alpha value is -1.27. The van der Waals surface area contributed by atoms with Gasteiger partial charge in [0.2, 0.25) is 0 Å². The molecule has 0 aliphatic rings. The van der Waals surface area contributed by atoms with Crippen LogP contribution in [0.2, 0.25) is 0 Å². The number of anilines is 1. The summed E-state index contributed by atoms with van der Waals surface area (Å²) in [7, 11) is 0. The van der Waals surface area contributed by atoms with E-state index in [0.717, 1.165) is 16.4 Å². The molecule has 0 aromatic carbocycles. The third kappa shape index (κ3) is 2.28.